The van der Waals surface area contributed by atoms with E-state index < -0.39 is 33.8 Å². The molecule has 1 amide bonds. The molecule has 1 aromatic heterocycles. The third-order valence-corrected chi connectivity index (χ3v) is 11.8. The molecule has 7 rings (SSSR count). The van der Waals surface area contributed by atoms with Crippen LogP contribution in [-0.2, 0) is 10.0 Å². The Balaban J connectivity index is 1.12. The summed E-state index contributed by atoms with van der Waals surface area (Å²) in [6.45, 7) is 3.26. The lowest BCUT2D eigenvalue weighted by Gasteiger charge is -2.39. The van der Waals surface area contributed by atoms with Crippen LogP contribution < -0.4 is 19.8 Å². The standard InChI is InChI=1S/C29H36F2N6O3S/c30-29(31)19-37(20-29)25-4-1-3-24(32-25)33-26(38)22-6-5-21(17-23(22)36-15-11-27(7-8-27)12-16-36)34-41(39,40)28(9-10-28)18-35-13-2-14-35/h1,3-6,17,34H,2,7-16,18-20H2,(H,32,33,38). The summed E-state index contributed by atoms with van der Waals surface area (Å²) in [6.07, 6.45) is 7.01. The molecular weight excluding hydrogens is 550 g/mol. The second kappa shape index (κ2) is 9.52. The zero-order valence-corrected chi connectivity index (χ0v) is 23.9. The predicted molar refractivity (Wildman–Crippen MR) is 154 cm³/mol. The molecule has 1 spiro atoms. The maximum Gasteiger partial charge on any atom is 0.282 e. The first-order chi connectivity index (χ1) is 19.5. The zero-order valence-electron chi connectivity index (χ0n) is 23.0. The smallest absolute Gasteiger partial charge is 0.282 e. The van der Waals surface area contributed by atoms with E-state index in [4.69, 9.17) is 0 Å². The van der Waals surface area contributed by atoms with E-state index in [1.54, 1.807) is 36.4 Å². The summed E-state index contributed by atoms with van der Waals surface area (Å²) in [5.74, 6) is -2.44. The monoisotopic (exact) mass is 586 g/mol. The number of carbonyl (C=O) groups excluding carboxylic acids is 1. The Morgan fingerprint density at radius 2 is 1.66 bits per heavy atom. The molecule has 1 aromatic carbocycles. The minimum absolute atomic E-state index is 0.274. The van der Waals surface area contributed by atoms with Crippen LogP contribution in [0.1, 0.15) is 55.3 Å². The number of benzene rings is 1. The molecule has 4 heterocycles. The number of pyridine rings is 1. The lowest BCUT2D eigenvalue weighted by molar-refractivity contribution is -0.0267. The van der Waals surface area contributed by atoms with Crippen LogP contribution in [0, 0.1) is 5.41 Å². The van der Waals surface area contributed by atoms with Gasteiger partial charge < -0.3 is 20.0 Å². The highest BCUT2D eigenvalue weighted by Crippen LogP contribution is 2.54. The Hall–Kier alpha value is -2.99. The summed E-state index contributed by atoms with van der Waals surface area (Å²) in [6, 6.07) is 10.1. The number of anilines is 4. The van der Waals surface area contributed by atoms with Crippen LogP contribution in [0.2, 0.25) is 0 Å². The number of carbonyl (C=O) groups is 1. The lowest BCUT2D eigenvalue weighted by atomic mass is 9.93. The summed E-state index contributed by atoms with van der Waals surface area (Å²) in [7, 11) is -3.61. The van der Waals surface area contributed by atoms with Gasteiger partial charge in [0, 0.05) is 19.6 Å². The number of piperidine rings is 1. The summed E-state index contributed by atoms with van der Waals surface area (Å²) in [4.78, 5) is 23.8. The van der Waals surface area contributed by atoms with Gasteiger partial charge in [0.1, 0.15) is 16.4 Å². The predicted octanol–water partition coefficient (Wildman–Crippen LogP) is 4.15. The van der Waals surface area contributed by atoms with Crippen molar-refractivity contribution in [3.63, 3.8) is 0 Å². The van der Waals surface area contributed by atoms with Gasteiger partial charge in [-0.1, -0.05) is 6.07 Å². The Morgan fingerprint density at radius 3 is 2.27 bits per heavy atom. The maximum absolute atomic E-state index is 13.6. The number of halogens is 2. The molecule has 220 valence electrons. The Kier molecular flexibility index (Phi) is 6.24. The SMILES string of the molecule is O=C(Nc1cccc(N2CC(F)(F)C2)n1)c1ccc(NS(=O)(=O)C2(CN3CCC3)CC2)cc1N1CCC2(CC1)CC2. The first kappa shape index (κ1) is 26.9. The Morgan fingerprint density at radius 1 is 0.927 bits per heavy atom. The molecule has 5 aliphatic rings. The van der Waals surface area contributed by atoms with Crippen LogP contribution in [0.25, 0.3) is 0 Å². The fourth-order valence-electron chi connectivity index (χ4n) is 6.34. The number of hydrogen-bond acceptors (Lipinski definition) is 7. The normalized spacial score (nSPS) is 23.9. The van der Waals surface area contributed by atoms with Crippen LogP contribution in [0.3, 0.4) is 0 Å². The number of hydrogen-bond donors (Lipinski definition) is 2. The van der Waals surface area contributed by atoms with E-state index in [1.165, 1.54) is 17.7 Å². The molecule has 0 radical (unpaired) electrons. The number of nitrogens with zero attached hydrogens (tertiary/aromatic N) is 4. The largest absolute Gasteiger partial charge is 0.371 e. The quantitative estimate of drug-likeness (QED) is 0.456. The van der Waals surface area contributed by atoms with E-state index >= 15 is 0 Å². The van der Waals surface area contributed by atoms with Crippen molar-refractivity contribution in [1.82, 2.24) is 9.88 Å². The van der Waals surface area contributed by atoms with Gasteiger partial charge in [-0.25, -0.2) is 22.2 Å². The number of amides is 1. The van der Waals surface area contributed by atoms with Gasteiger partial charge in [0.05, 0.1) is 30.0 Å². The average molecular weight is 587 g/mol. The highest BCUT2D eigenvalue weighted by Gasteiger charge is 2.56. The lowest BCUT2D eigenvalue weighted by Crippen LogP contribution is -2.56. The van der Waals surface area contributed by atoms with E-state index in [0.717, 1.165) is 45.4 Å². The molecule has 5 fully saturated rings. The number of sulfonamides is 1. The molecule has 0 bridgehead atoms. The van der Waals surface area contributed by atoms with Gasteiger partial charge in [-0.3, -0.25) is 9.52 Å². The average Bonchev–Trinajstić information content (AvgIpc) is 3.83. The summed E-state index contributed by atoms with van der Waals surface area (Å²) in [5, 5.41) is 2.83. The second-order valence-corrected chi connectivity index (χ2v) is 14.8. The molecule has 2 aliphatic carbocycles. The van der Waals surface area contributed by atoms with Gasteiger partial charge >= 0.3 is 0 Å². The molecule has 3 saturated heterocycles. The topological polar surface area (TPSA) is 97.9 Å². The van der Waals surface area contributed by atoms with Gasteiger partial charge in [-0.15, -0.1) is 0 Å². The van der Waals surface area contributed by atoms with Gasteiger partial charge in [-0.2, -0.15) is 0 Å². The van der Waals surface area contributed by atoms with Gasteiger partial charge in [0.2, 0.25) is 10.0 Å². The van der Waals surface area contributed by atoms with Gasteiger partial charge in [0.25, 0.3) is 11.8 Å². The van der Waals surface area contributed by atoms with Crippen LogP contribution in [0.15, 0.2) is 36.4 Å². The van der Waals surface area contributed by atoms with E-state index in [2.05, 4.69) is 24.8 Å². The van der Waals surface area contributed by atoms with E-state index in [1.807, 2.05) is 0 Å². The summed E-state index contributed by atoms with van der Waals surface area (Å²) >= 11 is 0. The highest BCUT2D eigenvalue weighted by molar-refractivity contribution is 7.94. The summed E-state index contributed by atoms with van der Waals surface area (Å²) < 4.78 is 55.8. The Labute approximate surface area is 239 Å². The van der Waals surface area contributed by atoms with E-state index in [9.17, 15) is 22.0 Å². The van der Waals surface area contributed by atoms with Crippen molar-refractivity contribution in [3.05, 3.63) is 42.0 Å². The molecule has 0 atom stereocenters. The third-order valence-electron chi connectivity index (χ3n) is 9.60. The molecular formula is C29H36F2N6O3S. The van der Waals surface area contributed by atoms with Crippen molar-refractivity contribution in [2.45, 2.75) is 55.6 Å². The molecule has 2 saturated carbocycles. The zero-order chi connectivity index (χ0) is 28.5. The number of rotatable bonds is 9. The van der Waals surface area contributed by atoms with Crippen molar-refractivity contribution < 1.29 is 22.0 Å². The maximum atomic E-state index is 13.6. The minimum atomic E-state index is -3.61. The van der Waals surface area contributed by atoms with Crippen molar-refractivity contribution in [1.29, 1.82) is 0 Å². The first-order valence-electron chi connectivity index (χ1n) is 14.6. The third kappa shape index (κ3) is 5.24. The minimum Gasteiger partial charge on any atom is -0.371 e. The van der Waals surface area contributed by atoms with Crippen molar-refractivity contribution in [2.75, 3.05) is 65.7 Å². The van der Waals surface area contributed by atoms with Crippen molar-refractivity contribution in [2.24, 2.45) is 5.41 Å². The molecule has 0 unspecified atom stereocenters. The van der Waals surface area contributed by atoms with Crippen molar-refractivity contribution in [3.8, 4) is 0 Å². The van der Waals surface area contributed by atoms with Crippen LogP contribution in [0.4, 0.5) is 31.8 Å². The molecule has 41 heavy (non-hydrogen) atoms. The number of likely N-dealkylation sites (tertiary alicyclic amines) is 1. The molecule has 9 nitrogen and oxygen atoms in total. The van der Waals surface area contributed by atoms with Gasteiger partial charge in [-0.05, 0) is 93.8 Å². The Bertz CT molecular complexity index is 1450. The van der Waals surface area contributed by atoms with E-state index in [-0.39, 0.29) is 11.7 Å². The number of alkyl halides is 2. The number of nitrogens with one attached hydrogen (secondary N) is 2. The molecule has 12 heteroatoms. The number of aromatic nitrogens is 1. The van der Waals surface area contributed by atoms with E-state index in [0.29, 0.717) is 47.6 Å². The molecule has 2 aromatic rings. The first-order valence-corrected chi connectivity index (χ1v) is 16.1. The van der Waals surface area contributed by atoms with Crippen LogP contribution >= 0.6 is 0 Å². The summed E-state index contributed by atoms with van der Waals surface area (Å²) in [5.41, 5.74) is 2.00. The second-order valence-electron chi connectivity index (χ2n) is 12.7. The fourth-order valence-corrected chi connectivity index (χ4v) is 7.98. The molecule has 3 aliphatic heterocycles. The van der Waals surface area contributed by atoms with Crippen LogP contribution in [-0.4, -0.2) is 80.7 Å². The van der Waals surface area contributed by atoms with Crippen molar-refractivity contribution >= 4 is 38.9 Å². The van der Waals surface area contributed by atoms with Gasteiger partial charge in [0.15, 0.2) is 0 Å². The van der Waals surface area contributed by atoms with Crippen LogP contribution in [0.5, 0.6) is 0 Å². The fraction of sp³-hybridized carbons (Fsp3) is 0.586. The molecule has 2 N–H and O–H groups in total. The highest BCUT2D eigenvalue weighted by atomic mass is 32.2.